The van der Waals surface area contributed by atoms with Gasteiger partial charge in [0.1, 0.15) is 16.6 Å². The van der Waals surface area contributed by atoms with Gasteiger partial charge in [0.2, 0.25) is 0 Å². The molecule has 0 radical (unpaired) electrons. The van der Waals surface area contributed by atoms with E-state index in [9.17, 15) is 9.59 Å². The van der Waals surface area contributed by atoms with Crippen LogP contribution in [-0.4, -0.2) is 39.6 Å². The van der Waals surface area contributed by atoms with Crippen LogP contribution in [0.3, 0.4) is 0 Å². The van der Waals surface area contributed by atoms with E-state index >= 15 is 0 Å². The van der Waals surface area contributed by atoms with E-state index in [2.05, 4.69) is 20.3 Å². The smallest absolute Gasteiger partial charge is 0.329 e. The third-order valence-corrected chi connectivity index (χ3v) is 6.24. The zero-order chi connectivity index (χ0) is 21.7. The molecule has 0 bridgehead atoms. The molecule has 0 spiro atoms. The van der Waals surface area contributed by atoms with E-state index in [0.717, 1.165) is 30.8 Å². The van der Waals surface area contributed by atoms with Crippen molar-refractivity contribution in [2.45, 2.75) is 23.9 Å². The van der Waals surface area contributed by atoms with E-state index < -0.39 is 11.2 Å². The highest BCUT2D eigenvalue weighted by Gasteiger charge is 2.09. The van der Waals surface area contributed by atoms with Crippen molar-refractivity contribution in [3.63, 3.8) is 0 Å². The van der Waals surface area contributed by atoms with E-state index in [1.165, 1.54) is 13.1 Å². The van der Waals surface area contributed by atoms with Crippen LogP contribution in [0.1, 0.15) is 23.1 Å². The number of benzene rings is 1. The van der Waals surface area contributed by atoms with E-state index in [0.29, 0.717) is 18.1 Å². The van der Waals surface area contributed by atoms with Gasteiger partial charge in [0.05, 0.1) is 13.3 Å². The van der Waals surface area contributed by atoms with Crippen LogP contribution in [0, 0.1) is 6.92 Å². The second-order valence-electron chi connectivity index (χ2n) is 6.26. The number of hydrogen-bond donors (Lipinski definition) is 1. The minimum absolute atomic E-state index is 0.345. The average Bonchev–Trinajstić information content (AvgIpc) is 3.16. The molecular weight excluding hydrogens is 424 g/mol. The van der Waals surface area contributed by atoms with Gasteiger partial charge in [-0.25, -0.2) is 9.80 Å². The number of anilines is 1. The summed E-state index contributed by atoms with van der Waals surface area (Å²) >= 11 is 3.15. The molecule has 2 heterocycles. The number of hydrogen-bond acceptors (Lipinski definition) is 9. The van der Waals surface area contributed by atoms with Gasteiger partial charge in [-0.05, 0) is 37.6 Å². The van der Waals surface area contributed by atoms with Gasteiger partial charge in [-0.3, -0.25) is 14.3 Å². The van der Waals surface area contributed by atoms with Gasteiger partial charge in [-0.1, -0.05) is 23.1 Å². The van der Waals surface area contributed by atoms with Crippen LogP contribution >= 0.6 is 23.1 Å². The number of nitrogens with one attached hydrogen (secondary N) is 1. The van der Waals surface area contributed by atoms with Crippen molar-refractivity contribution in [1.82, 2.24) is 19.7 Å². The predicted molar refractivity (Wildman–Crippen MR) is 120 cm³/mol. The second-order valence-corrected chi connectivity index (χ2v) is 8.67. The summed E-state index contributed by atoms with van der Waals surface area (Å²) in [4.78, 5) is 26.4. The Morgan fingerprint density at radius 2 is 2.13 bits per heavy atom. The summed E-state index contributed by atoms with van der Waals surface area (Å²) in [6.07, 6.45) is 1.68. The fourth-order valence-electron chi connectivity index (χ4n) is 2.60. The molecule has 11 heteroatoms. The lowest BCUT2D eigenvalue weighted by Gasteiger charge is -2.16. The molecule has 9 nitrogen and oxygen atoms in total. The molecule has 0 atom stereocenters. The molecule has 3 rings (SSSR count). The molecule has 0 aliphatic heterocycles. The first-order chi connectivity index (χ1) is 14.4. The van der Waals surface area contributed by atoms with Crippen molar-refractivity contribution in [3.8, 4) is 5.75 Å². The van der Waals surface area contributed by atoms with Crippen LogP contribution in [-0.2, 0) is 12.8 Å². The van der Waals surface area contributed by atoms with Crippen LogP contribution in [0.5, 0.6) is 5.75 Å². The lowest BCUT2D eigenvalue weighted by atomic mass is 10.1. The summed E-state index contributed by atoms with van der Waals surface area (Å²) in [5.74, 6) is 1.81. The SMILES string of the molecule is CCN(N=Cc1ccc(OC)c(CSc2nnc(C)s2)c1)c1cc(=O)n(C)c(=O)[nH]1. The van der Waals surface area contributed by atoms with Crippen LogP contribution in [0.4, 0.5) is 5.82 Å². The standard InChI is InChI=1S/C19H22N6O3S2/c1-5-25(16-9-17(26)24(3)18(27)21-16)20-10-13-6-7-15(28-4)14(8-13)11-29-19-23-22-12(2)30-19/h6-10H,5,11H2,1-4H3,(H,21,27). The van der Waals surface area contributed by atoms with Crippen molar-refractivity contribution < 1.29 is 4.74 Å². The molecular formula is C19H22N6O3S2. The number of aromatic amines is 1. The molecule has 0 unspecified atom stereocenters. The number of nitrogens with zero attached hydrogens (tertiary/aromatic N) is 5. The number of thioether (sulfide) groups is 1. The lowest BCUT2D eigenvalue weighted by molar-refractivity contribution is 0.411. The molecule has 30 heavy (non-hydrogen) atoms. The first-order valence-corrected chi connectivity index (χ1v) is 10.9. The van der Waals surface area contributed by atoms with Crippen molar-refractivity contribution >= 4 is 35.1 Å². The summed E-state index contributed by atoms with van der Waals surface area (Å²) < 4.78 is 7.38. The van der Waals surface area contributed by atoms with E-state index in [4.69, 9.17) is 4.74 Å². The monoisotopic (exact) mass is 446 g/mol. The summed E-state index contributed by atoms with van der Waals surface area (Å²) in [6, 6.07) is 7.12. The van der Waals surface area contributed by atoms with Crippen molar-refractivity contribution in [2.24, 2.45) is 12.1 Å². The minimum Gasteiger partial charge on any atom is -0.496 e. The maximum absolute atomic E-state index is 11.9. The fraction of sp³-hybridized carbons (Fsp3) is 0.316. The van der Waals surface area contributed by atoms with E-state index in [1.807, 2.05) is 32.0 Å². The molecule has 0 aliphatic rings. The first kappa shape index (κ1) is 21.8. The second kappa shape index (κ2) is 9.72. The third kappa shape index (κ3) is 5.16. The summed E-state index contributed by atoms with van der Waals surface area (Å²) in [7, 11) is 3.06. The fourth-order valence-corrected chi connectivity index (χ4v) is 4.39. The zero-order valence-electron chi connectivity index (χ0n) is 17.1. The summed E-state index contributed by atoms with van der Waals surface area (Å²) in [5.41, 5.74) is 0.994. The number of aryl methyl sites for hydroxylation is 1. The minimum atomic E-state index is -0.484. The molecule has 0 saturated heterocycles. The van der Waals surface area contributed by atoms with Gasteiger partial charge in [0.25, 0.3) is 5.56 Å². The number of ether oxygens (including phenoxy) is 1. The summed E-state index contributed by atoms with van der Waals surface area (Å²) in [6.45, 7) is 4.29. The Bertz CT molecular complexity index is 1140. The number of hydrazone groups is 1. The highest BCUT2D eigenvalue weighted by atomic mass is 32.2. The molecule has 0 fully saturated rings. The van der Waals surface area contributed by atoms with Crippen LogP contribution in [0.2, 0.25) is 0 Å². The molecule has 3 aromatic rings. The Labute approximate surface area is 181 Å². The van der Waals surface area contributed by atoms with Gasteiger partial charge in [-0.15, -0.1) is 10.2 Å². The Kier molecular flexibility index (Phi) is 7.06. The van der Waals surface area contributed by atoms with E-state index in [1.54, 1.807) is 41.4 Å². The quantitative estimate of drug-likeness (QED) is 0.322. The molecule has 1 N–H and O–H groups in total. The highest BCUT2D eigenvalue weighted by molar-refractivity contribution is 8.00. The van der Waals surface area contributed by atoms with Crippen molar-refractivity contribution in [1.29, 1.82) is 0 Å². The number of methoxy groups -OCH3 is 1. The number of rotatable bonds is 8. The zero-order valence-corrected chi connectivity index (χ0v) is 18.7. The van der Waals surface area contributed by atoms with Gasteiger partial charge >= 0.3 is 5.69 Å². The molecule has 0 amide bonds. The molecule has 158 valence electrons. The van der Waals surface area contributed by atoms with E-state index in [-0.39, 0.29) is 0 Å². The number of aromatic nitrogens is 4. The Morgan fingerprint density at radius 3 is 2.77 bits per heavy atom. The molecule has 0 aliphatic carbocycles. The summed E-state index contributed by atoms with van der Waals surface area (Å²) in [5, 5.41) is 15.1. The topological polar surface area (TPSA) is 105 Å². The Balaban J connectivity index is 1.81. The van der Waals surface area contributed by atoms with Crippen molar-refractivity contribution in [3.05, 3.63) is 61.2 Å². The molecule has 2 aromatic heterocycles. The van der Waals surface area contributed by atoms with Crippen molar-refractivity contribution in [2.75, 3.05) is 18.7 Å². The van der Waals surface area contributed by atoms with Gasteiger partial charge in [0, 0.05) is 31.0 Å². The Hall–Kier alpha value is -2.92. The lowest BCUT2D eigenvalue weighted by Crippen LogP contribution is -2.34. The molecule has 1 aromatic carbocycles. The number of H-pyrrole nitrogens is 1. The Morgan fingerprint density at radius 1 is 1.33 bits per heavy atom. The van der Waals surface area contributed by atoms with Gasteiger partial charge in [-0.2, -0.15) is 5.10 Å². The predicted octanol–water partition coefficient (Wildman–Crippen LogP) is 2.39. The van der Waals surface area contributed by atoms with Crippen LogP contribution in [0.25, 0.3) is 0 Å². The van der Waals surface area contributed by atoms with Gasteiger partial charge < -0.3 is 4.74 Å². The maximum atomic E-state index is 11.9. The van der Waals surface area contributed by atoms with Crippen LogP contribution < -0.4 is 21.0 Å². The molecule has 0 saturated carbocycles. The van der Waals surface area contributed by atoms with Crippen LogP contribution in [0.15, 0.2) is 43.3 Å². The average molecular weight is 447 g/mol. The highest BCUT2D eigenvalue weighted by Crippen LogP contribution is 2.30. The van der Waals surface area contributed by atoms with Gasteiger partial charge in [0.15, 0.2) is 4.34 Å². The normalized spacial score (nSPS) is 11.2. The first-order valence-electron chi connectivity index (χ1n) is 9.13. The third-order valence-electron chi connectivity index (χ3n) is 4.22. The largest absolute Gasteiger partial charge is 0.496 e. The maximum Gasteiger partial charge on any atom is 0.329 e.